The summed E-state index contributed by atoms with van der Waals surface area (Å²) in [5, 5.41) is 37.3. The van der Waals surface area contributed by atoms with Crippen LogP contribution < -0.4 is 4.90 Å². The zero-order chi connectivity index (χ0) is 41.2. The third-order valence-electron chi connectivity index (χ3n) is 10.2. The van der Waals surface area contributed by atoms with Gasteiger partial charge >= 0.3 is 23.9 Å². The molecule has 2 N–H and O–H groups in total. The predicted octanol–water partition coefficient (Wildman–Crippen LogP) is 6.93. The maximum Gasteiger partial charge on any atom is 0.309 e. The molecule has 4 unspecified atom stereocenters. The summed E-state index contributed by atoms with van der Waals surface area (Å²) in [5.41, 5.74) is 3.19. The van der Waals surface area contributed by atoms with Gasteiger partial charge in [0.15, 0.2) is 0 Å². The van der Waals surface area contributed by atoms with Crippen LogP contribution in [-0.4, -0.2) is 100 Å². The fraction of sp³-hybridized carbons (Fsp3) is 0.600. The van der Waals surface area contributed by atoms with Gasteiger partial charge < -0.3 is 38.8 Å². The van der Waals surface area contributed by atoms with E-state index in [9.17, 15) is 34.7 Å². The number of aryl methyl sites for hydroxylation is 1. The van der Waals surface area contributed by atoms with E-state index >= 15 is 0 Å². The SMILES string of the molecule is [C-]#[N+]c1c(N=Nc2ccc(N(CCOCCOCCOC(=O)C3CCCCC3C(=O)O)CCOCCOC(=O)C3CCCCC3C(=O)O)cc2C)sc(C#N)c1C. The molecule has 4 rings (SSSR count). The molecule has 2 aliphatic carbocycles. The zero-order valence-electron chi connectivity index (χ0n) is 32.5. The molecule has 2 saturated carbocycles. The summed E-state index contributed by atoms with van der Waals surface area (Å²) in [7, 11) is 0. The Morgan fingerprint density at radius 1 is 0.789 bits per heavy atom. The number of carbonyl (C=O) groups is 4. The molecule has 1 heterocycles. The number of thiophene rings is 1. The van der Waals surface area contributed by atoms with E-state index in [0.717, 1.165) is 48.3 Å². The van der Waals surface area contributed by atoms with Gasteiger partial charge in [0.1, 0.15) is 24.3 Å². The summed E-state index contributed by atoms with van der Waals surface area (Å²) in [5.74, 6) is -5.61. The number of ether oxygens (including phenoxy) is 5. The molecule has 1 aromatic heterocycles. The smallest absolute Gasteiger partial charge is 0.309 e. The molecule has 2 fully saturated rings. The van der Waals surface area contributed by atoms with E-state index in [1.807, 2.05) is 25.1 Å². The highest BCUT2D eigenvalue weighted by atomic mass is 32.1. The van der Waals surface area contributed by atoms with Crippen LogP contribution >= 0.6 is 11.3 Å². The summed E-state index contributed by atoms with van der Waals surface area (Å²) in [6.07, 6.45) is 5.15. The second-order valence-electron chi connectivity index (χ2n) is 13.9. The molecule has 2 aliphatic rings. The second kappa shape index (κ2) is 23.3. The van der Waals surface area contributed by atoms with E-state index in [-0.39, 0.29) is 39.6 Å². The number of nitriles is 1. The fourth-order valence-electron chi connectivity index (χ4n) is 7.02. The van der Waals surface area contributed by atoms with Crippen LogP contribution in [0.1, 0.15) is 67.4 Å². The Kier molecular flexibility index (Phi) is 18.3. The van der Waals surface area contributed by atoms with E-state index in [2.05, 4.69) is 26.0 Å². The number of carboxylic acid groups (broad SMARTS) is 2. The van der Waals surface area contributed by atoms with Crippen LogP contribution in [0.25, 0.3) is 4.85 Å². The van der Waals surface area contributed by atoms with Gasteiger partial charge in [-0.15, -0.1) is 11.3 Å². The first kappa shape index (κ1) is 44.8. The molecular weight excluding hydrogens is 759 g/mol. The standard InChI is InChI=1S/C40H51N5O11S/c1-26-24-28(12-13-33(26)43-44-36-35(42-3)27(2)34(25-41)57-36)45(15-17-53-20-22-55-39(50)31-10-6-4-8-29(31)37(46)47)14-16-52-18-19-54-21-23-56-40(51)32-11-7-5-9-30(32)38(48)49/h12-13,24,29-32H,4-11,14-23H2,1-2H3,(H,46,47)(H,48,49). The molecule has 0 aliphatic heterocycles. The average Bonchev–Trinajstić information content (AvgIpc) is 3.53. The summed E-state index contributed by atoms with van der Waals surface area (Å²) in [6.45, 7) is 13.6. The Labute approximate surface area is 336 Å². The molecule has 0 radical (unpaired) electrons. The number of carboxylic acids is 2. The van der Waals surface area contributed by atoms with Crippen LogP contribution in [0.3, 0.4) is 0 Å². The summed E-state index contributed by atoms with van der Waals surface area (Å²) >= 11 is 1.12. The van der Waals surface area contributed by atoms with E-state index in [4.69, 9.17) is 30.3 Å². The first-order valence-corrected chi connectivity index (χ1v) is 20.1. The number of nitrogens with zero attached hydrogens (tertiary/aromatic N) is 5. The molecular formula is C40H51N5O11S. The van der Waals surface area contributed by atoms with Gasteiger partial charge in [-0.3, -0.25) is 19.2 Å². The highest BCUT2D eigenvalue weighted by Crippen LogP contribution is 2.42. The Morgan fingerprint density at radius 3 is 1.75 bits per heavy atom. The van der Waals surface area contributed by atoms with Gasteiger partial charge in [-0.05, 0) is 68.9 Å². The minimum atomic E-state index is -0.970. The lowest BCUT2D eigenvalue weighted by atomic mass is 9.79. The van der Waals surface area contributed by atoms with E-state index < -0.39 is 47.5 Å². The van der Waals surface area contributed by atoms with Crippen molar-refractivity contribution < 1.29 is 53.1 Å². The van der Waals surface area contributed by atoms with E-state index in [1.165, 1.54) is 0 Å². The van der Waals surface area contributed by atoms with Gasteiger partial charge in [-0.1, -0.05) is 25.7 Å². The number of hydrogen-bond acceptors (Lipinski definition) is 14. The molecule has 2 aromatic rings. The molecule has 17 heteroatoms. The van der Waals surface area contributed by atoms with Crippen molar-refractivity contribution in [2.24, 2.45) is 33.9 Å². The molecule has 0 spiro atoms. The van der Waals surface area contributed by atoms with Crippen molar-refractivity contribution >= 4 is 57.3 Å². The van der Waals surface area contributed by atoms with Crippen LogP contribution in [0, 0.1) is 55.4 Å². The highest BCUT2D eigenvalue weighted by Gasteiger charge is 2.37. The predicted molar refractivity (Wildman–Crippen MR) is 208 cm³/mol. The minimum absolute atomic E-state index is 0.0149. The van der Waals surface area contributed by atoms with Crippen molar-refractivity contribution in [2.45, 2.75) is 65.2 Å². The van der Waals surface area contributed by atoms with Gasteiger partial charge in [0.2, 0.25) is 5.69 Å². The van der Waals surface area contributed by atoms with Crippen LogP contribution in [-0.2, 0) is 42.9 Å². The largest absolute Gasteiger partial charge is 0.481 e. The van der Waals surface area contributed by atoms with Crippen molar-refractivity contribution in [3.05, 3.63) is 45.6 Å². The maximum atomic E-state index is 12.6. The summed E-state index contributed by atoms with van der Waals surface area (Å²) in [6, 6.07) is 7.75. The number of aliphatic carboxylic acids is 2. The molecule has 0 amide bonds. The Bertz CT molecular complexity index is 1800. The van der Waals surface area contributed by atoms with Gasteiger partial charge in [-0.25, -0.2) is 4.85 Å². The number of carbonyl (C=O) groups excluding carboxylic acids is 2. The van der Waals surface area contributed by atoms with Crippen LogP contribution in [0.2, 0.25) is 0 Å². The molecule has 57 heavy (non-hydrogen) atoms. The van der Waals surface area contributed by atoms with Crippen LogP contribution in [0.4, 0.5) is 22.1 Å². The molecule has 308 valence electrons. The van der Waals surface area contributed by atoms with E-state index in [1.54, 1.807) is 6.92 Å². The minimum Gasteiger partial charge on any atom is -0.481 e. The fourth-order valence-corrected chi connectivity index (χ4v) is 7.89. The average molecular weight is 810 g/mol. The first-order valence-electron chi connectivity index (χ1n) is 19.3. The molecule has 1 aromatic carbocycles. The Balaban J connectivity index is 1.26. The van der Waals surface area contributed by atoms with Gasteiger partial charge in [0.05, 0.1) is 80.4 Å². The lowest BCUT2D eigenvalue weighted by molar-refractivity contribution is -0.160. The molecule has 0 bridgehead atoms. The number of rotatable bonds is 22. The molecule has 0 saturated heterocycles. The number of esters is 2. The summed E-state index contributed by atoms with van der Waals surface area (Å²) < 4.78 is 27.9. The topological polar surface area (TPSA) is 211 Å². The number of hydrogen-bond donors (Lipinski definition) is 2. The van der Waals surface area contributed by atoms with Crippen molar-refractivity contribution in [1.82, 2.24) is 0 Å². The van der Waals surface area contributed by atoms with E-state index in [0.29, 0.717) is 78.8 Å². The van der Waals surface area contributed by atoms with Crippen LogP contribution in [0.15, 0.2) is 28.4 Å². The molecule has 4 atom stereocenters. The maximum absolute atomic E-state index is 12.6. The quantitative estimate of drug-likeness (QED) is 0.0536. The monoisotopic (exact) mass is 809 g/mol. The van der Waals surface area contributed by atoms with Crippen LogP contribution in [0.5, 0.6) is 0 Å². The van der Waals surface area contributed by atoms with Crippen molar-refractivity contribution in [1.29, 1.82) is 5.26 Å². The van der Waals surface area contributed by atoms with Crippen molar-refractivity contribution in [3.63, 3.8) is 0 Å². The Morgan fingerprint density at radius 2 is 1.28 bits per heavy atom. The van der Waals surface area contributed by atoms with Crippen molar-refractivity contribution in [2.75, 3.05) is 70.8 Å². The second-order valence-corrected chi connectivity index (χ2v) is 14.9. The first-order chi connectivity index (χ1) is 27.5. The normalized spacial score (nSPS) is 19.4. The van der Waals surface area contributed by atoms with Gasteiger partial charge in [0.25, 0.3) is 0 Å². The van der Waals surface area contributed by atoms with Gasteiger partial charge in [0, 0.05) is 18.8 Å². The summed E-state index contributed by atoms with van der Waals surface area (Å²) in [4.78, 5) is 54.1. The zero-order valence-corrected chi connectivity index (χ0v) is 33.3. The Hall–Kier alpha value is -4.94. The van der Waals surface area contributed by atoms with Gasteiger partial charge in [-0.2, -0.15) is 15.5 Å². The number of benzene rings is 1. The third-order valence-corrected chi connectivity index (χ3v) is 11.3. The van der Waals surface area contributed by atoms with Crippen molar-refractivity contribution in [3.8, 4) is 6.07 Å². The number of azo groups is 1. The highest BCUT2D eigenvalue weighted by molar-refractivity contribution is 7.17. The lowest BCUT2D eigenvalue weighted by Gasteiger charge is -2.27. The third kappa shape index (κ3) is 13.3. The lowest BCUT2D eigenvalue weighted by Crippen LogP contribution is -2.34. The molecule has 16 nitrogen and oxygen atoms in total. The number of anilines is 1.